The van der Waals surface area contributed by atoms with Gasteiger partial charge in [-0.1, -0.05) is 61.7 Å². The van der Waals surface area contributed by atoms with Gasteiger partial charge in [-0.15, -0.1) is 0 Å². The molecular formula is C34H36FN3O3S. The van der Waals surface area contributed by atoms with Crippen LogP contribution in [-0.2, 0) is 22.6 Å². The fraction of sp³-hybridized carbons (Fsp3) is 0.324. The average molecular weight is 586 g/mol. The average Bonchev–Trinajstić information content (AvgIpc) is 3.27. The number of rotatable bonds is 9. The summed E-state index contributed by atoms with van der Waals surface area (Å²) in [7, 11) is 1.89. The molecule has 1 saturated heterocycles. The lowest BCUT2D eigenvalue weighted by Gasteiger charge is -2.23. The van der Waals surface area contributed by atoms with E-state index in [1.807, 2.05) is 24.9 Å². The lowest BCUT2D eigenvalue weighted by molar-refractivity contribution is -0.136. The zero-order chi connectivity index (χ0) is 29.6. The van der Waals surface area contributed by atoms with Gasteiger partial charge in [0.1, 0.15) is 5.82 Å². The van der Waals surface area contributed by atoms with Crippen LogP contribution in [0.15, 0.2) is 76.6 Å². The fourth-order valence-corrected chi connectivity index (χ4v) is 6.67. The Balaban J connectivity index is 1.26. The van der Waals surface area contributed by atoms with Crippen LogP contribution in [0.5, 0.6) is 0 Å². The molecule has 1 aliphatic heterocycles. The molecule has 2 fully saturated rings. The summed E-state index contributed by atoms with van der Waals surface area (Å²) in [6.07, 6.45) is 8.15. The molecule has 0 spiro atoms. The Hall–Kier alpha value is -3.91. The van der Waals surface area contributed by atoms with Gasteiger partial charge in [-0.25, -0.2) is 9.38 Å². The lowest BCUT2D eigenvalue weighted by atomic mass is 9.84. The highest BCUT2D eigenvalue weighted by atomic mass is 32.2. The molecule has 218 valence electrons. The first-order valence-corrected chi connectivity index (χ1v) is 15.3. The minimum atomic E-state index is -0.895. The van der Waals surface area contributed by atoms with Crippen molar-refractivity contribution in [3.8, 4) is 0 Å². The normalized spacial score (nSPS) is 17.8. The van der Waals surface area contributed by atoms with Crippen molar-refractivity contribution >= 4 is 46.3 Å². The molecule has 3 aromatic rings. The summed E-state index contributed by atoms with van der Waals surface area (Å²) in [5.74, 6) is -0.752. The molecule has 0 aromatic heterocycles. The number of anilines is 1. The third kappa shape index (κ3) is 7.10. The maximum absolute atomic E-state index is 15.3. The van der Waals surface area contributed by atoms with Gasteiger partial charge in [0.15, 0.2) is 5.17 Å². The number of carbonyl (C=O) groups is 2. The van der Waals surface area contributed by atoms with Crippen LogP contribution in [0.1, 0.15) is 67.2 Å². The summed E-state index contributed by atoms with van der Waals surface area (Å²) in [5, 5.41) is 9.50. The lowest BCUT2D eigenvalue weighted by Crippen LogP contribution is -2.28. The fourth-order valence-electron chi connectivity index (χ4n) is 5.61. The van der Waals surface area contributed by atoms with Gasteiger partial charge in [-0.2, -0.15) is 0 Å². The zero-order valence-corrected chi connectivity index (χ0v) is 24.9. The van der Waals surface area contributed by atoms with Crippen LogP contribution < -0.4 is 4.90 Å². The van der Waals surface area contributed by atoms with Crippen molar-refractivity contribution in [2.45, 2.75) is 57.9 Å². The second-order valence-corrected chi connectivity index (χ2v) is 11.9. The predicted octanol–water partition coefficient (Wildman–Crippen LogP) is 7.76. The molecule has 1 heterocycles. The number of amidine groups is 1. The number of benzene rings is 3. The molecule has 1 aliphatic carbocycles. The summed E-state index contributed by atoms with van der Waals surface area (Å²) in [6.45, 7) is 2.92. The van der Waals surface area contributed by atoms with Crippen molar-refractivity contribution in [1.29, 1.82) is 0 Å². The number of aliphatic imine (C=N–C) groups is 1. The molecule has 0 unspecified atom stereocenters. The molecule has 1 N–H and O–H groups in total. The number of carboxylic acid groups (broad SMARTS) is 1. The van der Waals surface area contributed by atoms with Crippen LogP contribution in [0.25, 0.3) is 6.08 Å². The van der Waals surface area contributed by atoms with Crippen LogP contribution in [-0.4, -0.2) is 40.6 Å². The maximum atomic E-state index is 15.3. The summed E-state index contributed by atoms with van der Waals surface area (Å²) >= 11 is 1.25. The minimum absolute atomic E-state index is 0.0589. The van der Waals surface area contributed by atoms with Gasteiger partial charge >= 0.3 is 5.97 Å². The number of likely N-dealkylation sites (N-methyl/N-ethyl adjacent to an activating group) is 1. The molecule has 5 rings (SSSR count). The number of hydrogen-bond acceptors (Lipinski definition) is 5. The highest BCUT2D eigenvalue weighted by Crippen LogP contribution is 2.35. The largest absolute Gasteiger partial charge is 0.481 e. The number of thioether (sulfide) groups is 1. The van der Waals surface area contributed by atoms with E-state index < -0.39 is 5.97 Å². The Bertz CT molecular complexity index is 1500. The Morgan fingerprint density at radius 1 is 1.05 bits per heavy atom. The number of amides is 1. The second-order valence-electron chi connectivity index (χ2n) is 10.9. The number of aliphatic carboxylic acids is 1. The van der Waals surface area contributed by atoms with E-state index in [4.69, 9.17) is 5.11 Å². The standard InChI is InChI=1S/C34H36FN3O3S/c1-3-38-33(41)31(42-34(38)36-28-16-11-23(12-17-28)21-32(39)40)20-25-13-18-30(29(35)19-25)37(2)22-24-9-14-27(15-10-24)26-7-5-4-6-8-26/h9-20,26H,3-8,21-22H2,1-2H3,(H,39,40)/b31-20+,36-34?. The Labute approximate surface area is 251 Å². The first kappa shape index (κ1) is 29.6. The van der Waals surface area contributed by atoms with Gasteiger partial charge in [0.2, 0.25) is 0 Å². The molecule has 0 radical (unpaired) electrons. The molecule has 2 aliphatic rings. The summed E-state index contributed by atoms with van der Waals surface area (Å²) < 4.78 is 15.3. The quantitative estimate of drug-likeness (QED) is 0.260. The van der Waals surface area contributed by atoms with Crippen LogP contribution >= 0.6 is 11.8 Å². The topological polar surface area (TPSA) is 73.2 Å². The van der Waals surface area contributed by atoms with Gasteiger partial charge in [-0.3, -0.25) is 14.5 Å². The van der Waals surface area contributed by atoms with Crippen molar-refractivity contribution in [3.63, 3.8) is 0 Å². The van der Waals surface area contributed by atoms with Gasteiger partial charge < -0.3 is 10.0 Å². The van der Waals surface area contributed by atoms with Gasteiger partial charge in [0.25, 0.3) is 5.91 Å². The first-order chi connectivity index (χ1) is 20.3. The van der Waals surface area contributed by atoms with E-state index in [0.717, 1.165) is 5.56 Å². The molecule has 6 nitrogen and oxygen atoms in total. The number of halogens is 1. The van der Waals surface area contributed by atoms with Crippen molar-refractivity contribution in [2.75, 3.05) is 18.5 Å². The van der Waals surface area contributed by atoms with E-state index in [-0.39, 0.29) is 18.1 Å². The zero-order valence-electron chi connectivity index (χ0n) is 24.1. The summed E-state index contributed by atoms with van der Waals surface area (Å²) in [5.41, 5.74) is 4.96. The summed E-state index contributed by atoms with van der Waals surface area (Å²) in [4.78, 5) is 32.6. The van der Waals surface area contributed by atoms with E-state index in [1.54, 1.807) is 41.3 Å². The van der Waals surface area contributed by atoms with Crippen molar-refractivity contribution in [3.05, 3.63) is 99.7 Å². The van der Waals surface area contributed by atoms with Crippen LogP contribution in [0.2, 0.25) is 0 Å². The Morgan fingerprint density at radius 3 is 2.38 bits per heavy atom. The Kier molecular flexibility index (Phi) is 9.42. The number of carbonyl (C=O) groups excluding carboxylic acids is 1. The highest BCUT2D eigenvalue weighted by Gasteiger charge is 2.32. The van der Waals surface area contributed by atoms with Gasteiger partial charge in [0.05, 0.1) is 22.7 Å². The smallest absolute Gasteiger partial charge is 0.307 e. The SMILES string of the molecule is CCN1C(=O)/C(=C\c2ccc(N(C)Cc3ccc(C4CCCCC4)cc3)c(F)c2)SC1=Nc1ccc(CC(=O)O)cc1. The number of carboxylic acids is 1. The molecule has 3 aromatic carbocycles. The molecule has 0 atom stereocenters. The van der Waals surface area contributed by atoms with Crippen LogP contribution in [0.3, 0.4) is 0 Å². The van der Waals surface area contributed by atoms with E-state index in [1.165, 1.54) is 55.5 Å². The van der Waals surface area contributed by atoms with Crippen LogP contribution in [0, 0.1) is 5.82 Å². The van der Waals surface area contributed by atoms with Crippen molar-refractivity contribution in [1.82, 2.24) is 4.90 Å². The van der Waals surface area contributed by atoms with E-state index in [9.17, 15) is 9.59 Å². The number of hydrogen-bond donors (Lipinski definition) is 1. The van der Waals surface area contributed by atoms with E-state index in [0.29, 0.717) is 51.6 Å². The van der Waals surface area contributed by atoms with Gasteiger partial charge in [-0.05, 0) is 90.0 Å². The third-order valence-corrected chi connectivity index (χ3v) is 8.88. The first-order valence-electron chi connectivity index (χ1n) is 14.5. The molecular weight excluding hydrogens is 549 g/mol. The van der Waals surface area contributed by atoms with E-state index in [2.05, 4.69) is 29.3 Å². The monoisotopic (exact) mass is 585 g/mol. The van der Waals surface area contributed by atoms with Crippen molar-refractivity contribution < 1.29 is 19.1 Å². The molecule has 8 heteroatoms. The minimum Gasteiger partial charge on any atom is -0.481 e. The molecule has 0 bridgehead atoms. The number of nitrogens with zero attached hydrogens (tertiary/aromatic N) is 3. The van der Waals surface area contributed by atoms with Crippen LogP contribution in [0.4, 0.5) is 15.8 Å². The van der Waals surface area contributed by atoms with Crippen molar-refractivity contribution in [2.24, 2.45) is 4.99 Å². The van der Waals surface area contributed by atoms with E-state index >= 15 is 4.39 Å². The highest BCUT2D eigenvalue weighted by molar-refractivity contribution is 8.18. The molecule has 1 saturated carbocycles. The second kappa shape index (κ2) is 13.4. The predicted molar refractivity (Wildman–Crippen MR) is 169 cm³/mol. The molecule has 42 heavy (non-hydrogen) atoms. The van der Waals surface area contributed by atoms with Gasteiger partial charge in [0, 0.05) is 20.1 Å². The molecule has 1 amide bonds. The summed E-state index contributed by atoms with van der Waals surface area (Å²) in [6, 6.07) is 20.7. The third-order valence-electron chi connectivity index (χ3n) is 7.88. The maximum Gasteiger partial charge on any atom is 0.307 e. The Morgan fingerprint density at radius 2 is 1.74 bits per heavy atom.